The molecule has 1 aliphatic rings. The number of piperidine rings is 1. The summed E-state index contributed by atoms with van der Waals surface area (Å²) >= 11 is 0. The number of rotatable bonds is 10. The average Bonchev–Trinajstić information content (AvgIpc) is 3.16. The van der Waals surface area contributed by atoms with Crippen LogP contribution in [0.25, 0.3) is 0 Å². The van der Waals surface area contributed by atoms with E-state index in [-0.39, 0.29) is 24.0 Å². The number of nitrogens with one attached hydrogen (secondary N) is 2. The molecule has 0 unspecified atom stereocenters. The van der Waals surface area contributed by atoms with Gasteiger partial charge in [-0.05, 0) is 58.0 Å². The van der Waals surface area contributed by atoms with Crippen LogP contribution in [0.2, 0.25) is 0 Å². The Morgan fingerprint density at radius 1 is 1.23 bits per heavy atom. The van der Waals surface area contributed by atoms with Gasteiger partial charge in [-0.1, -0.05) is 19.0 Å². The van der Waals surface area contributed by atoms with Gasteiger partial charge in [0.15, 0.2) is 11.7 Å². The van der Waals surface area contributed by atoms with E-state index in [1.165, 1.54) is 4.90 Å². The lowest BCUT2D eigenvalue weighted by Gasteiger charge is -2.32. The fourth-order valence-electron chi connectivity index (χ4n) is 3.88. The normalized spacial score (nSPS) is 16.4. The zero-order chi connectivity index (χ0) is 22.0. The number of aromatic nitrogens is 1. The Hall–Kier alpha value is -1.04. The lowest BCUT2D eigenvalue weighted by atomic mass is 9.93. The van der Waals surface area contributed by atoms with E-state index in [1.54, 1.807) is 0 Å². The van der Waals surface area contributed by atoms with Crippen LogP contribution < -0.4 is 10.6 Å². The summed E-state index contributed by atoms with van der Waals surface area (Å²) in [7, 11) is 0. The first kappa shape index (κ1) is 28.0. The molecule has 0 radical (unpaired) electrons. The zero-order valence-electron chi connectivity index (χ0n) is 18.8. The highest BCUT2D eigenvalue weighted by atomic mass is 127. The molecule has 1 aliphatic heterocycles. The topological polar surface area (TPSA) is 65.7 Å². The summed E-state index contributed by atoms with van der Waals surface area (Å²) in [5.74, 6) is 2.32. The third-order valence-electron chi connectivity index (χ3n) is 5.67. The van der Waals surface area contributed by atoms with Crippen molar-refractivity contribution in [3.63, 3.8) is 0 Å². The maximum atomic E-state index is 12.5. The minimum atomic E-state index is -4.11. The summed E-state index contributed by atoms with van der Waals surface area (Å²) in [5, 5.41) is 10.7. The lowest BCUT2D eigenvalue weighted by molar-refractivity contribution is -0.148. The fraction of sp³-hybridized carbons (Fsp3) is 0.810. The molecule has 0 spiro atoms. The van der Waals surface area contributed by atoms with Crippen LogP contribution in [0.1, 0.15) is 70.2 Å². The third kappa shape index (κ3) is 10.4. The molecule has 0 bridgehead atoms. The molecule has 6 nitrogen and oxygen atoms in total. The summed E-state index contributed by atoms with van der Waals surface area (Å²) in [6.07, 6.45) is 0.496. The van der Waals surface area contributed by atoms with E-state index in [1.807, 2.05) is 13.0 Å². The molecule has 2 N–H and O–H groups in total. The van der Waals surface area contributed by atoms with E-state index in [0.29, 0.717) is 37.4 Å². The minimum Gasteiger partial charge on any atom is -0.359 e. The molecule has 2 heterocycles. The van der Waals surface area contributed by atoms with Crippen molar-refractivity contribution in [3.05, 3.63) is 17.5 Å². The molecule has 0 aliphatic carbocycles. The van der Waals surface area contributed by atoms with Crippen LogP contribution in [0.5, 0.6) is 0 Å². The molecule has 180 valence electrons. The van der Waals surface area contributed by atoms with E-state index in [0.717, 1.165) is 56.6 Å². The van der Waals surface area contributed by atoms with Gasteiger partial charge in [-0.2, -0.15) is 13.2 Å². The van der Waals surface area contributed by atoms with Crippen molar-refractivity contribution in [2.45, 2.75) is 71.5 Å². The minimum absolute atomic E-state index is 0. The Kier molecular flexibility index (Phi) is 12.8. The van der Waals surface area contributed by atoms with E-state index >= 15 is 0 Å². The average molecular weight is 559 g/mol. The van der Waals surface area contributed by atoms with Gasteiger partial charge in [-0.3, -0.25) is 4.90 Å². The Morgan fingerprint density at radius 2 is 1.90 bits per heavy atom. The predicted molar refractivity (Wildman–Crippen MR) is 128 cm³/mol. The van der Waals surface area contributed by atoms with E-state index in [9.17, 15) is 13.2 Å². The monoisotopic (exact) mass is 559 g/mol. The van der Waals surface area contributed by atoms with Crippen LogP contribution in [0.4, 0.5) is 13.2 Å². The van der Waals surface area contributed by atoms with Crippen LogP contribution in [-0.4, -0.2) is 54.9 Å². The maximum absolute atomic E-state index is 12.5. The second-order valence-corrected chi connectivity index (χ2v) is 7.98. The molecule has 0 aromatic carbocycles. The van der Waals surface area contributed by atoms with Crippen LogP contribution >= 0.6 is 24.0 Å². The van der Waals surface area contributed by atoms with E-state index in [4.69, 9.17) is 4.52 Å². The Morgan fingerprint density at radius 3 is 2.48 bits per heavy atom. The molecule has 2 rings (SSSR count). The van der Waals surface area contributed by atoms with E-state index < -0.39 is 12.7 Å². The highest BCUT2D eigenvalue weighted by molar-refractivity contribution is 14.0. The van der Waals surface area contributed by atoms with Gasteiger partial charge in [0, 0.05) is 25.1 Å². The molecule has 10 heteroatoms. The molecule has 31 heavy (non-hydrogen) atoms. The van der Waals surface area contributed by atoms with Gasteiger partial charge in [0.05, 0.1) is 12.2 Å². The lowest BCUT2D eigenvalue weighted by Crippen LogP contribution is -2.41. The third-order valence-corrected chi connectivity index (χ3v) is 5.67. The summed E-state index contributed by atoms with van der Waals surface area (Å²) in [4.78, 5) is 6.07. The molecular formula is C21H37F3IN5O. The Balaban J connectivity index is 0.00000480. The van der Waals surface area contributed by atoms with E-state index in [2.05, 4.69) is 34.6 Å². The number of nitrogens with zero attached hydrogens (tertiary/aromatic N) is 3. The highest BCUT2D eigenvalue weighted by Gasteiger charge is 2.32. The molecule has 1 fully saturated rings. The largest absolute Gasteiger partial charge is 0.401 e. The van der Waals surface area contributed by atoms with Crippen LogP contribution in [-0.2, 0) is 6.54 Å². The zero-order valence-corrected chi connectivity index (χ0v) is 21.1. The molecule has 1 saturated heterocycles. The van der Waals surface area contributed by atoms with Gasteiger partial charge < -0.3 is 15.2 Å². The van der Waals surface area contributed by atoms with Crippen LogP contribution in [0.15, 0.2) is 15.6 Å². The first-order chi connectivity index (χ1) is 14.3. The number of halogens is 4. The van der Waals surface area contributed by atoms with Gasteiger partial charge in [-0.15, -0.1) is 24.0 Å². The molecule has 1 aromatic heterocycles. The number of alkyl halides is 3. The molecular weight excluding hydrogens is 522 g/mol. The first-order valence-electron chi connectivity index (χ1n) is 11.1. The summed E-state index contributed by atoms with van der Waals surface area (Å²) in [5.41, 5.74) is 0.986. The number of guanidine groups is 1. The van der Waals surface area contributed by atoms with Crippen molar-refractivity contribution in [2.24, 2.45) is 10.9 Å². The van der Waals surface area contributed by atoms with Crippen molar-refractivity contribution in [2.75, 3.05) is 32.7 Å². The highest BCUT2D eigenvalue weighted by Crippen LogP contribution is 2.24. The first-order valence-corrected chi connectivity index (χ1v) is 11.1. The predicted octanol–water partition coefficient (Wildman–Crippen LogP) is 4.92. The summed E-state index contributed by atoms with van der Waals surface area (Å²) < 4.78 is 42.9. The van der Waals surface area contributed by atoms with Crippen molar-refractivity contribution in [3.8, 4) is 0 Å². The quantitative estimate of drug-likeness (QED) is 0.242. The molecule has 1 aromatic rings. The van der Waals surface area contributed by atoms with Crippen molar-refractivity contribution < 1.29 is 17.7 Å². The number of hydrogen-bond donors (Lipinski definition) is 2. The molecule has 0 saturated carbocycles. The van der Waals surface area contributed by atoms with Crippen LogP contribution in [0, 0.1) is 5.92 Å². The second kappa shape index (κ2) is 14.2. The summed E-state index contributed by atoms with van der Waals surface area (Å²) in [6, 6.07) is 1.99. The summed E-state index contributed by atoms with van der Waals surface area (Å²) in [6.45, 7) is 8.44. The second-order valence-electron chi connectivity index (χ2n) is 7.98. The smallest absolute Gasteiger partial charge is 0.359 e. The van der Waals surface area contributed by atoms with Gasteiger partial charge in [0.1, 0.15) is 6.54 Å². The van der Waals surface area contributed by atoms with Crippen LogP contribution in [0.3, 0.4) is 0 Å². The van der Waals surface area contributed by atoms with Crippen molar-refractivity contribution in [1.82, 2.24) is 20.7 Å². The standard InChI is InChI=1S/C21H36F3N5O.HI/c1-4-17(5-2)19-13-18(30-28-19)14-27-20(25-6-3)26-10-7-16-8-11-29(12-9-16)15-21(22,23)24;/h13,16-17H,4-12,14-15H2,1-3H3,(H2,25,26,27);1H. The Bertz CT molecular complexity index is 641. The van der Waals surface area contributed by atoms with Gasteiger partial charge >= 0.3 is 6.18 Å². The van der Waals surface area contributed by atoms with Crippen molar-refractivity contribution in [1.29, 1.82) is 0 Å². The maximum Gasteiger partial charge on any atom is 0.401 e. The Labute approximate surface area is 200 Å². The number of hydrogen-bond acceptors (Lipinski definition) is 4. The van der Waals surface area contributed by atoms with Gasteiger partial charge in [0.25, 0.3) is 0 Å². The van der Waals surface area contributed by atoms with Gasteiger partial charge in [-0.25, -0.2) is 4.99 Å². The number of likely N-dealkylation sites (tertiary alicyclic amines) is 1. The number of aliphatic imine (C=N–C) groups is 1. The molecule has 0 atom stereocenters. The fourth-order valence-corrected chi connectivity index (χ4v) is 3.88. The SMILES string of the molecule is CCNC(=NCc1cc(C(CC)CC)no1)NCCC1CCN(CC(F)(F)F)CC1.I. The van der Waals surface area contributed by atoms with Crippen molar-refractivity contribution >= 4 is 29.9 Å². The van der Waals surface area contributed by atoms with Gasteiger partial charge in [0.2, 0.25) is 0 Å². The molecule has 0 amide bonds.